The van der Waals surface area contributed by atoms with Gasteiger partial charge in [-0.2, -0.15) is 0 Å². The maximum absolute atomic E-state index is 12.8. The monoisotopic (exact) mass is 338 g/mol. The molecule has 0 aliphatic carbocycles. The topological polar surface area (TPSA) is 81.9 Å². The van der Waals surface area contributed by atoms with Gasteiger partial charge in [0.2, 0.25) is 0 Å². The first kappa shape index (κ1) is 16.2. The summed E-state index contributed by atoms with van der Waals surface area (Å²) in [5.74, 6) is -0.777. The summed E-state index contributed by atoms with van der Waals surface area (Å²) < 4.78 is 10.7. The maximum Gasteiger partial charge on any atom is 0.340 e. The van der Waals surface area contributed by atoms with Gasteiger partial charge in [-0.3, -0.25) is 4.79 Å². The Labute approximate surface area is 139 Å². The molecule has 0 radical (unpaired) electrons. The lowest BCUT2D eigenvalue weighted by atomic mass is 9.97. The van der Waals surface area contributed by atoms with Gasteiger partial charge in [0.05, 0.1) is 16.7 Å². The van der Waals surface area contributed by atoms with E-state index in [9.17, 15) is 9.59 Å². The van der Waals surface area contributed by atoms with Gasteiger partial charge < -0.3 is 20.1 Å². The predicted octanol–water partition coefficient (Wildman–Crippen LogP) is 0.996. The van der Waals surface area contributed by atoms with Gasteiger partial charge in [-0.05, 0) is 18.1 Å². The molecule has 6 nitrogen and oxygen atoms in total. The summed E-state index contributed by atoms with van der Waals surface area (Å²) in [6, 6.07) is 5.11. The first-order valence-electron chi connectivity index (χ1n) is 7.56. The van der Waals surface area contributed by atoms with Crippen molar-refractivity contribution in [2.45, 2.75) is 31.1 Å². The van der Waals surface area contributed by atoms with Gasteiger partial charge in [0.1, 0.15) is 0 Å². The van der Waals surface area contributed by atoms with Gasteiger partial charge in [-0.15, -0.1) is 0 Å². The Hall–Kier alpha value is -1.63. The summed E-state index contributed by atoms with van der Waals surface area (Å²) in [5.41, 5.74) is 6.84. The molecule has 3 rings (SSSR count). The third kappa shape index (κ3) is 2.94. The lowest BCUT2D eigenvalue weighted by Crippen LogP contribution is -2.48. The van der Waals surface area contributed by atoms with Crippen LogP contribution in [0.4, 0.5) is 0 Å². The van der Waals surface area contributed by atoms with Crippen molar-refractivity contribution in [3.8, 4) is 0 Å². The number of halogens is 1. The molecular weight excluding hydrogens is 320 g/mol. The van der Waals surface area contributed by atoms with Gasteiger partial charge in [0, 0.05) is 32.7 Å². The number of esters is 1. The molecule has 0 aromatic heterocycles. The summed E-state index contributed by atoms with van der Waals surface area (Å²) >= 11 is 6.05. The molecule has 124 valence electrons. The van der Waals surface area contributed by atoms with Gasteiger partial charge >= 0.3 is 5.97 Å². The third-order valence-corrected chi connectivity index (χ3v) is 4.81. The van der Waals surface area contributed by atoms with Crippen LogP contribution in [-0.2, 0) is 20.7 Å². The standard InChI is InChI=1S/C16H19ClN2O4/c1-22-11-6-10(7-18)19(8-11)15(20)13-5-9-3-2-4-12(17)14(9)16(21)23-13/h2-4,10-11,13H,5-8,18H2,1H3/t10-,11-,13?/m0/s1. The number of amides is 1. The van der Waals surface area contributed by atoms with Crippen molar-refractivity contribution in [1.29, 1.82) is 0 Å². The molecule has 3 atom stereocenters. The van der Waals surface area contributed by atoms with Crippen LogP contribution in [0.3, 0.4) is 0 Å². The van der Waals surface area contributed by atoms with Crippen LogP contribution in [-0.4, -0.2) is 55.2 Å². The number of fused-ring (bicyclic) bond motifs is 1. The van der Waals surface area contributed by atoms with Crippen LogP contribution >= 0.6 is 11.6 Å². The molecule has 1 unspecified atom stereocenters. The number of methoxy groups -OCH3 is 1. The summed E-state index contributed by atoms with van der Waals surface area (Å²) in [6.45, 7) is 0.822. The largest absolute Gasteiger partial charge is 0.448 e. The second kappa shape index (κ2) is 6.47. The van der Waals surface area contributed by atoms with Crippen molar-refractivity contribution in [1.82, 2.24) is 4.90 Å². The third-order valence-electron chi connectivity index (χ3n) is 4.50. The zero-order valence-corrected chi connectivity index (χ0v) is 13.6. The number of nitrogens with zero attached hydrogens (tertiary/aromatic N) is 1. The van der Waals surface area contributed by atoms with Crippen LogP contribution in [0.5, 0.6) is 0 Å². The highest BCUT2D eigenvalue weighted by atomic mass is 35.5. The molecule has 2 aliphatic heterocycles. The van der Waals surface area contributed by atoms with E-state index in [1.807, 2.05) is 0 Å². The van der Waals surface area contributed by atoms with Crippen LogP contribution in [0.15, 0.2) is 18.2 Å². The fraction of sp³-hybridized carbons (Fsp3) is 0.500. The van der Waals surface area contributed by atoms with Crippen LogP contribution in [0, 0.1) is 0 Å². The maximum atomic E-state index is 12.8. The molecule has 2 N–H and O–H groups in total. The van der Waals surface area contributed by atoms with Gasteiger partial charge in [-0.25, -0.2) is 4.79 Å². The van der Waals surface area contributed by atoms with E-state index in [2.05, 4.69) is 0 Å². The average Bonchev–Trinajstić information content (AvgIpc) is 2.97. The molecular formula is C16H19ClN2O4. The SMILES string of the molecule is CO[C@H]1C[C@@H](CN)N(C(=O)C2Cc3cccc(Cl)c3C(=O)O2)C1. The van der Waals surface area contributed by atoms with E-state index in [-0.39, 0.29) is 18.1 Å². The average molecular weight is 339 g/mol. The Kier molecular flexibility index (Phi) is 4.57. The Balaban J connectivity index is 1.80. The Morgan fingerprint density at radius 2 is 2.30 bits per heavy atom. The van der Waals surface area contributed by atoms with Crippen LogP contribution in [0.2, 0.25) is 5.02 Å². The smallest absolute Gasteiger partial charge is 0.340 e. The highest BCUT2D eigenvalue weighted by Crippen LogP contribution is 2.29. The molecule has 2 heterocycles. The fourth-order valence-corrected chi connectivity index (χ4v) is 3.53. The lowest BCUT2D eigenvalue weighted by molar-refractivity contribution is -0.142. The highest BCUT2D eigenvalue weighted by molar-refractivity contribution is 6.33. The van der Waals surface area contributed by atoms with E-state index in [0.29, 0.717) is 36.5 Å². The van der Waals surface area contributed by atoms with Gasteiger partial charge in [-0.1, -0.05) is 23.7 Å². The summed E-state index contributed by atoms with van der Waals surface area (Å²) in [7, 11) is 1.62. The van der Waals surface area contributed by atoms with E-state index in [1.54, 1.807) is 30.2 Å². The van der Waals surface area contributed by atoms with E-state index in [4.69, 9.17) is 26.8 Å². The minimum Gasteiger partial charge on any atom is -0.448 e. The molecule has 1 fully saturated rings. The van der Waals surface area contributed by atoms with Crippen LogP contribution in [0.25, 0.3) is 0 Å². The van der Waals surface area contributed by atoms with Crippen molar-refractivity contribution in [3.63, 3.8) is 0 Å². The van der Waals surface area contributed by atoms with Crippen molar-refractivity contribution in [2.24, 2.45) is 5.73 Å². The summed E-state index contributed by atoms with van der Waals surface area (Å²) in [6.07, 6.45) is 0.153. The molecule has 2 aliphatic rings. The number of likely N-dealkylation sites (tertiary alicyclic amines) is 1. The lowest BCUT2D eigenvalue weighted by Gasteiger charge is -2.30. The summed E-state index contributed by atoms with van der Waals surface area (Å²) in [4.78, 5) is 26.6. The second-order valence-corrected chi connectivity index (χ2v) is 6.25. The quantitative estimate of drug-likeness (QED) is 0.831. The fourth-order valence-electron chi connectivity index (χ4n) is 3.26. The molecule has 7 heteroatoms. The normalized spacial score (nSPS) is 26.8. The number of rotatable bonds is 3. The number of hydrogen-bond donors (Lipinski definition) is 1. The van der Waals surface area contributed by atoms with Crippen LogP contribution in [0.1, 0.15) is 22.3 Å². The highest BCUT2D eigenvalue weighted by Gasteiger charge is 2.41. The number of cyclic esters (lactones) is 1. The molecule has 0 spiro atoms. The number of carbonyl (C=O) groups excluding carboxylic acids is 2. The first-order valence-corrected chi connectivity index (χ1v) is 7.94. The molecule has 1 amide bonds. The predicted molar refractivity (Wildman–Crippen MR) is 84.3 cm³/mol. The van der Waals surface area contributed by atoms with Gasteiger partial charge in [0.25, 0.3) is 5.91 Å². The van der Waals surface area contributed by atoms with Crippen molar-refractivity contribution in [2.75, 3.05) is 20.2 Å². The number of hydrogen-bond acceptors (Lipinski definition) is 5. The van der Waals surface area contributed by atoms with E-state index in [1.165, 1.54) is 0 Å². The second-order valence-electron chi connectivity index (χ2n) is 5.85. The minimum atomic E-state index is -0.835. The zero-order chi connectivity index (χ0) is 16.6. The molecule has 1 aromatic carbocycles. The van der Waals surface area contributed by atoms with E-state index >= 15 is 0 Å². The van der Waals surface area contributed by atoms with Gasteiger partial charge in [0.15, 0.2) is 6.10 Å². The first-order chi connectivity index (χ1) is 11.0. The van der Waals surface area contributed by atoms with Crippen molar-refractivity contribution < 1.29 is 19.1 Å². The Morgan fingerprint density at radius 1 is 1.52 bits per heavy atom. The molecule has 1 aromatic rings. The summed E-state index contributed by atoms with van der Waals surface area (Å²) in [5, 5.41) is 0.346. The number of nitrogens with two attached hydrogens (primary N) is 1. The zero-order valence-electron chi connectivity index (χ0n) is 12.8. The van der Waals surface area contributed by atoms with E-state index in [0.717, 1.165) is 5.56 Å². The molecule has 0 bridgehead atoms. The minimum absolute atomic E-state index is 0.0338. The number of carbonyl (C=O) groups is 2. The molecule has 1 saturated heterocycles. The number of ether oxygens (including phenoxy) is 2. The van der Waals surface area contributed by atoms with Crippen molar-refractivity contribution >= 4 is 23.5 Å². The Morgan fingerprint density at radius 3 is 3.00 bits per heavy atom. The Bertz CT molecular complexity index is 637. The van der Waals surface area contributed by atoms with Crippen molar-refractivity contribution in [3.05, 3.63) is 34.3 Å². The molecule has 23 heavy (non-hydrogen) atoms. The van der Waals surface area contributed by atoms with Crippen LogP contribution < -0.4 is 5.73 Å². The molecule has 0 saturated carbocycles. The van der Waals surface area contributed by atoms with E-state index < -0.39 is 12.1 Å². The number of benzene rings is 1.